The largest absolute Gasteiger partial charge is 0.288 e. The quantitative estimate of drug-likeness (QED) is 0.742. The molecule has 2 aromatic rings. The molecule has 2 aromatic carbocycles. The molecule has 0 saturated carbocycles. The van der Waals surface area contributed by atoms with Crippen molar-refractivity contribution < 1.29 is 13.6 Å². The second-order valence-corrected chi connectivity index (χ2v) is 4.78. The number of carbonyl (C=O) groups is 1. The first-order valence-electron chi connectivity index (χ1n) is 5.67. The normalized spacial score (nSPS) is 10.6. The number of rotatable bonds is 2. The van der Waals surface area contributed by atoms with E-state index in [9.17, 15) is 13.6 Å². The van der Waals surface area contributed by atoms with Crippen LogP contribution in [0.5, 0.6) is 0 Å². The first-order chi connectivity index (χ1) is 8.91. The van der Waals surface area contributed by atoms with Crippen molar-refractivity contribution in [3.8, 4) is 0 Å². The molecule has 0 atom stereocenters. The Kier molecular flexibility index (Phi) is 3.67. The molecule has 0 saturated heterocycles. The zero-order chi connectivity index (χ0) is 14.2. The van der Waals surface area contributed by atoms with Crippen LogP contribution in [0.3, 0.4) is 0 Å². The maximum absolute atomic E-state index is 13.8. The third kappa shape index (κ3) is 2.51. The molecule has 0 amide bonds. The highest BCUT2D eigenvalue weighted by Crippen LogP contribution is 2.22. The van der Waals surface area contributed by atoms with Crippen LogP contribution in [0.2, 0.25) is 5.02 Å². The highest BCUT2D eigenvalue weighted by atomic mass is 35.5. The lowest BCUT2D eigenvalue weighted by Crippen LogP contribution is -2.08. The number of halogens is 3. The van der Waals surface area contributed by atoms with Crippen LogP contribution in [0, 0.1) is 25.5 Å². The number of aryl methyl sites for hydroxylation is 2. The number of ketones is 1. The molecule has 0 heterocycles. The summed E-state index contributed by atoms with van der Waals surface area (Å²) in [5.74, 6) is -2.69. The van der Waals surface area contributed by atoms with Crippen molar-refractivity contribution in [3.63, 3.8) is 0 Å². The average Bonchev–Trinajstić information content (AvgIpc) is 2.38. The van der Waals surface area contributed by atoms with Gasteiger partial charge in [0.15, 0.2) is 17.4 Å². The van der Waals surface area contributed by atoms with E-state index in [4.69, 9.17) is 11.6 Å². The van der Waals surface area contributed by atoms with Gasteiger partial charge < -0.3 is 0 Å². The van der Waals surface area contributed by atoms with E-state index in [-0.39, 0.29) is 16.7 Å². The predicted molar refractivity (Wildman–Crippen MR) is 70.7 cm³/mol. The van der Waals surface area contributed by atoms with E-state index in [0.29, 0.717) is 10.6 Å². The van der Waals surface area contributed by atoms with E-state index in [1.807, 2.05) is 0 Å². The summed E-state index contributed by atoms with van der Waals surface area (Å²) in [5.41, 5.74) is 0.815. The Morgan fingerprint density at radius 3 is 2.26 bits per heavy atom. The second-order valence-electron chi connectivity index (χ2n) is 4.35. The maximum Gasteiger partial charge on any atom is 0.196 e. The molecule has 0 radical (unpaired) electrons. The van der Waals surface area contributed by atoms with Crippen molar-refractivity contribution >= 4 is 17.4 Å². The van der Waals surface area contributed by atoms with Gasteiger partial charge in [0.05, 0.1) is 5.56 Å². The summed E-state index contributed by atoms with van der Waals surface area (Å²) in [6.45, 7) is 3.16. The van der Waals surface area contributed by atoms with Crippen molar-refractivity contribution in [2.45, 2.75) is 13.8 Å². The van der Waals surface area contributed by atoms with Crippen molar-refractivity contribution in [1.82, 2.24) is 0 Å². The second kappa shape index (κ2) is 5.10. The van der Waals surface area contributed by atoms with Gasteiger partial charge in [-0.3, -0.25) is 4.79 Å². The smallest absolute Gasteiger partial charge is 0.196 e. The van der Waals surface area contributed by atoms with Gasteiger partial charge in [0.2, 0.25) is 0 Å². The molecule has 0 aliphatic rings. The fourth-order valence-electron chi connectivity index (χ4n) is 1.81. The SMILES string of the molecule is Cc1ccc(Cl)cc1C(=O)c1ccc(C)c(F)c1F. The third-order valence-corrected chi connectivity index (χ3v) is 3.20. The molecule has 0 unspecified atom stereocenters. The van der Waals surface area contributed by atoms with Crippen molar-refractivity contribution in [3.05, 3.63) is 69.2 Å². The molecule has 0 fully saturated rings. The molecule has 0 aromatic heterocycles. The Hall–Kier alpha value is -1.74. The summed E-state index contributed by atoms with van der Waals surface area (Å²) < 4.78 is 27.3. The lowest BCUT2D eigenvalue weighted by molar-refractivity contribution is 0.103. The number of hydrogen-bond acceptors (Lipinski definition) is 1. The fourth-order valence-corrected chi connectivity index (χ4v) is 1.98. The Balaban J connectivity index is 2.56. The molecule has 19 heavy (non-hydrogen) atoms. The van der Waals surface area contributed by atoms with Crippen LogP contribution in [-0.2, 0) is 0 Å². The topological polar surface area (TPSA) is 17.1 Å². The van der Waals surface area contributed by atoms with E-state index in [1.54, 1.807) is 19.1 Å². The van der Waals surface area contributed by atoms with Gasteiger partial charge in [-0.25, -0.2) is 8.78 Å². The van der Waals surface area contributed by atoms with Gasteiger partial charge >= 0.3 is 0 Å². The Labute approximate surface area is 114 Å². The number of benzene rings is 2. The standard InChI is InChI=1S/C15H11ClF2O/c1-8-3-5-10(16)7-12(8)15(19)11-6-4-9(2)13(17)14(11)18/h3-7H,1-2H3. The molecule has 0 aliphatic heterocycles. The van der Waals surface area contributed by atoms with Crippen LogP contribution in [0.15, 0.2) is 30.3 Å². The predicted octanol–water partition coefficient (Wildman–Crippen LogP) is 4.47. The zero-order valence-corrected chi connectivity index (χ0v) is 11.2. The molecular weight excluding hydrogens is 270 g/mol. The molecule has 0 spiro atoms. The Bertz CT molecular complexity index is 665. The molecule has 0 aliphatic carbocycles. The molecule has 0 bridgehead atoms. The van der Waals surface area contributed by atoms with E-state index in [2.05, 4.69) is 0 Å². The van der Waals surface area contributed by atoms with E-state index >= 15 is 0 Å². The highest BCUT2D eigenvalue weighted by molar-refractivity contribution is 6.31. The van der Waals surface area contributed by atoms with Gasteiger partial charge in [-0.15, -0.1) is 0 Å². The first kappa shape index (κ1) is 13.7. The van der Waals surface area contributed by atoms with Gasteiger partial charge in [0.25, 0.3) is 0 Å². The number of carbonyl (C=O) groups excluding carboxylic acids is 1. The van der Waals surface area contributed by atoms with Crippen LogP contribution in [0.1, 0.15) is 27.0 Å². The molecule has 4 heteroatoms. The lowest BCUT2D eigenvalue weighted by Gasteiger charge is -2.08. The van der Waals surface area contributed by atoms with Gasteiger partial charge in [-0.1, -0.05) is 23.7 Å². The van der Waals surface area contributed by atoms with Crippen LogP contribution in [-0.4, -0.2) is 5.78 Å². The highest BCUT2D eigenvalue weighted by Gasteiger charge is 2.19. The monoisotopic (exact) mass is 280 g/mol. The molecule has 2 rings (SSSR count). The maximum atomic E-state index is 13.8. The summed E-state index contributed by atoms with van der Waals surface area (Å²) in [7, 11) is 0. The summed E-state index contributed by atoms with van der Waals surface area (Å²) in [6, 6.07) is 7.43. The molecular formula is C15H11ClF2O. The molecule has 98 valence electrons. The Morgan fingerprint density at radius 1 is 0.947 bits per heavy atom. The van der Waals surface area contributed by atoms with E-state index in [1.165, 1.54) is 25.1 Å². The minimum Gasteiger partial charge on any atom is -0.288 e. The van der Waals surface area contributed by atoms with Crippen molar-refractivity contribution in [1.29, 1.82) is 0 Å². The van der Waals surface area contributed by atoms with E-state index < -0.39 is 17.4 Å². The van der Waals surface area contributed by atoms with Gasteiger partial charge in [-0.05, 0) is 43.2 Å². The van der Waals surface area contributed by atoms with Gasteiger partial charge in [-0.2, -0.15) is 0 Å². The third-order valence-electron chi connectivity index (χ3n) is 2.96. The lowest BCUT2D eigenvalue weighted by atomic mass is 9.98. The number of hydrogen-bond donors (Lipinski definition) is 0. The first-order valence-corrected chi connectivity index (χ1v) is 6.05. The van der Waals surface area contributed by atoms with Crippen LogP contribution in [0.25, 0.3) is 0 Å². The fraction of sp³-hybridized carbons (Fsp3) is 0.133. The Morgan fingerprint density at radius 2 is 1.58 bits per heavy atom. The zero-order valence-electron chi connectivity index (χ0n) is 10.4. The van der Waals surface area contributed by atoms with Gasteiger partial charge in [0, 0.05) is 10.6 Å². The molecule has 1 nitrogen and oxygen atoms in total. The van der Waals surface area contributed by atoms with E-state index in [0.717, 1.165) is 0 Å². The summed E-state index contributed by atoms with van der Waals surface area (Å²) in [5, 5.41) is 0.377. The van der Waals surface area contributed by atoms with Crippen molar-refractivity contribution in [2.24, 2.45) is 0 Å². The average molecular weight is 281 g/mol. The summed E-state index contributed by atoms with van der Waals surface area (Å²) in [6.07, 6.45) is 0. The summed E-state index contributed by atoms with van der Waals surface area (Å²) in [4.78, 5) is 12.2. The minimum atomic E-state index is -1.12. The van der Waals surface area contributed by atoms with Crippen molar-refractivity contribution in [2.75, 3.05) is 0 Å². The van der Waals surface area contributed by atoms with Crippen LogP contribution < -0.4 is 0 Å². The summed E-state index contributed by atoms with van der Waals surface area (Å²) >= 11 is 5.82. The van der Waals surface area contributed by atoms with Crippen LogP contribution >= 0.6 is 11.6 Å². The minimum absolute atomic E-state index is 0.164. The van der Waals surface area contributed by atoms with Crippen LogP contribution in [0.4, 0.5) is 8.78 Å². The van der Waals surface area contributed by atoms with Gasteiger partial charge in [0.1, 0.15) is 0 Å². The molecule has 0 N–H and O–H groups in total.